The van der Waals surface area contributed by atoms with E-state index in [0.717, 1.165) is 5.04 Å². The number of aromatic carboxylic acids is 1. The van der Waals surface area contributed by atoms with Gasteiger partial charge in [-0.05, 0) is 12.8 Å². The van der Waals surface area contributed by atoms with E-state index in [1.165, 1.54) is 28.5 Å². The molecule has 1 aromatic rings. The first kappa shape index (κ1) is 17.4. The summed E-state index contributed by atoms with van der Waals surface area (Å²) in [7, 11) is 0. The van der Waals surface area contributed by atoms with Crippen molar-refractivity contribution in [3.8, 4) is 0 Å². The Balaban J connectivity index is 1.50. The number of thiazole rings is 1. The number of alkyl halides is 1. The van der Waals surface area contributed by atoms with Crippen LogP contribution in [0.2, 0.25) is 0 Å². The largest absolute Gasteiger partial charge is 0.476 e. The number of nitrogens with zero attached hydrogens (tertiary/aromatic N) is 2. The van der Waals surface area contributed by atoms with E-state index in [0.29, 0.717) is 23.6 Å². The van der Waals surface area contributed by atoms with Crippen LogP contribution < -0.4 is 5.32 Å². The molecule has 0 radical (unpaired) electrons. The summed E-state index contributed by atoms with van der Waals surface area (Å²) in [6, 6.07) is -0.195. The van der Waals surface area contributed by atoms with Gasteiger partial charge in [0.05, 0.1) is 18.0 Å². The molecule has 2 aliphatic rings. The van der Waals surface area contributed by atoms with Crippen LogP contribution in [0.15, 0.2) is 10.4 Å². The van der Waals surface area contributed by atoms with Crippen LogP contribution in [0.3, 0.4) is 0 Å². The molecule has 0 unspecified atom stereocenters. The molecule has 7 nitrogen and oxygen atoms in total. The summed E-state index contributed by atoms with van der Waals surface area (Å²) in [5, 5.41) is 14.4. The number of halogens is 1. The maximum Gasteiger partial charge on any atom is 0.355 e. The van der Waals surface area contributed by atoms with Crippen molar-refractivity contribution in [2.24, 2.45) is 4.99 Å². The Hall–Kier alpha value is -1.45. The molecule has 1 amide bonds. The molecule has 0 bridgehead atoms. The standard InChI is InChI=1S/C14H14ClN3O4S2/c15-14(1-2-14)9(19)3-10(20)16-4-11-17-7(5-23-11)12-18-8(6-24-12)13(21)22/h6-7H,1-5H2,(H,16,20)(H,21,22)/t7-/m0/s1. The van der Waals surface area contributed by atoms with Crippen LogP contribution in [0.4, 0.5) is 0 Å². The van der Waals surface area contributed by atoms with Gasteiger partial charge < -0.3 is 10.4 Å². The fraction of sp³-hybridized carbons (Fsp3) is 0.500. The van der Waals surface area contributed by atoms with Crippen LogP contribution in [0.25, 0.3) is 0 Å². The summed E-state index contributed by atoms with van der Waals surface area (Å²) in [6.45, 7) is 0.250. The first-order chi connectivity index (χ1) is 11.4. The second-order valence-corrected chi connectivity index (χ2v) is 8.27. The molecule has 0 saturated heterocycles. The van der Waals surface area contributed by atoms with Gasteiger partial charge in [0.15, 0.2) is 11.5 Å². The third kappa shape index (κ3) is 3.96. The van der Waals surface area contributed by atoms with Crippen LogP contribution in [0.5, 0.6) is 0 Å². The number of carboxylic acid groups (broad SMARTS) is 1. The summed E-state index contributed by atoms with van der Waals surface area (Å²) in [6.07, 6.45) is 1.06. The minimum Gasteiger partial charge on any atom is -0.476 e. The number of carboxylic acids is 1. The van der Waals surface area contributed by atoms with Gasteiger partial charge in [-0.15, -0.1) is 34.7 Å². The number of hydrogen-bond donors (Lipinski definition) is 2. The lowest BCUT2D eigenvalue weighted by Gasteiger charge is -2.06. The predicted molar refractivity (Wildman–Crippen MR) is 92.2 cm³/mol. The van der Waals surface area contributed by atoms with Crippen molar-refractivity contribution in [1.29, 1.82) is 0 Å². The summed E-state index contributed by atoms with van der Waals surface area (Å²) in [5.41, 5.74) is 0.0190. The van der Waals surface area contributed by atoms with Gasteiger partial charge in [-0.3, -0.25) is 14.6 Å². The first-order valence-electron chi connectivity index (χ1n) is 7.24. The van der Waals surface area contributed by atoms with E-state index in [4.69, 9.17) is 16.7 Å². The molecule has 1 aliphatic heterocycles. The van der Waals surface area contributed by atoms with Crippen LogP contribution in [0.1, 0.15) is 40.8 Å². The van der Waals surface area contributed by atoms with E-state index >= 15 is 0 Å². The summed E-state index contributed by atoms with van der Waals surface area (Å²) < 4.78 is 0. The van der Waals surface area contributed by atoms with E-state index in [2.05, 4.69) is 15.3 Å². The average Bonchev–Trinajstić information content (AvgIpc) is 2.96. The number of nitrogens with one attached hydrogen (secondary N) is 1. The lowest BCUT2D eigenvalue weighted by Crippen LogP contribution is -2.32. The Morgan fingerprint density at radius 3 is 2.79 bits per heavy atom. The normalized spacial score (nSPS) is 21.2. The average molecular weight is 388 g/mol. The molecule has 10 heteroatoms. The molecule has 0 spiro atoms. The zero-order valence-corrected chi connectivity index (χ0v) is 14.8. The van der Waals surface area contributed by atoms with Gasteiger partial charge in [-0.25, -0.2) is 9.78 Å². The topological polar surface area (TPSA) is 109 Å². The molecule has 0 aromatic carbocycles. The first-order valence-corrected chi connectivity index (χ1v) is 9.49. The second-order valence-electron chi connectivity index (χ2n) is 5.57. The van der Waals surface area contributed by atoms with Crippen LogP contribution in [-0.4, -0.2) is 50.0 Å². The maximum atomic E-state index is 11.8. The van der Waals surface area contributed by atoms with Crippen molar-refractivity contribution in [2.45, 2.75) is 30.2 Å². The van der Waals surface area contributed by atoms with Crippen molar-refractivity contribution >= 4 is 57.4 Å². The Morgan fingerprint density at radius 2 is 2.17 bits per heavy atom. The van der Waals surface area contributed by atoms with Crippen molar-refractivity contribution < 1.29 is 19.5 Å². The summed E-state index contributed by atoms with van der Waals surface area (Å²) in [5.74, 6) is -0.996. The van der Waals surface area contributed by atoms with Crippen molar-refractivity contribution in [3.63, 3.8) is 0 Å². The van der Waals surface area contributed by atoms with E-state index in [-0.39, 0.29) is 36.4 Å². The molecule has 1 saturated carbocycles. The second kappa shape index (κ2) is 6.81. The predicted octanol–water partition coefficient (Wildman–Crippen LogP) is 1.87. The highest BCUT2D eigenvalue weighted by Crippen LogP contribution is 2.44. The molecule has 2 N–H and O–H groups in total. The van der Waals surface area contributed by atoms with Gasteiger partial charge in [0.1, 0.15) is 15.9 Å². The lowest BCUT2D eigenvalue weighted by atomic mass is 10.2. The van der Waals surface area contributed by atoms with Crippen molar-refractivity contribution in [2.75, 3.05) is 12.3 Å². The molecular weight excluding hydrogens is 374 g/mol. The van der Waals surface area contributed by atoms with Crippen LogP contribution >= 0.6 is 34.7 Å². The van der Waals surface area contributed by atoms with Gasteiger partial charge >= 0.3 is 5.97 Å². The number of carbonyl (C=O) groups excluding carboxylic acids is 2. The lowest BCUT2D eigenvalue weighted by molar-refractivity contribution is -0.128. The van der Waals surface area contributed by atoms with E-state index in [1.807, 2.05) is 0 Å². The monoisotopic (exact) mass is 387 g/mol. The highest BCUT2D eigenvalue weighted by molar-refractivity contribution is 8.14. The number of rotatable bonds is 7. The van der Waals surface area contributed by atoms with Gasteiger partial charge in [-0.1, -0.05) is 0 Å². The number of hydrogen-bond acceptors (Lipinski definition) is 7. The number of thioether (sulfide) groups is 1. The molecule has 128 valence electrons. The Kier molecular flexibility index (Phi) is 4.93. The SMILES string of the molecule is O=C(CC(=O)C1(Cl)CC1)NCC1=N[C@H](c2nc(C(=O)O)cs2)CS1. The quantitative estimate of drug-likeness (QED) is 0.546. The minimum absolute atomic E-state index is 0.0190. The van der Waals surface area contributed by atoms with Gasteiger partial charge in [0, 0.05) is 11.1 Å². The van der Waals surface area contributed by atoms with Gasteiger partial charge in [0.2, 0.25) is 5.91 Å². The molecule has 1 atom stereocenters. The zero-order chi connectivity index (χ0) is 17.3. The van der Waals surface area contributed by atoms with Crippen LogP contribution in [0, 0.1) is 0 Å². The highest BCUT2D eigenvalue weighted by Gasteiger charge is 2.47. The highest BCUT2D eigenvalue weighted by atomic mass is 35.5. The summed E-state index contributed by atoms with van der Waals surface area (Å²) >= 11 is 8.72. The Bertz CT molecular complexity index is 729. The number of carbonyl (C=O) groups is 3. The maximum absolute atomic E-state index is 11.8. The molecule has 1 aromatic heterocycles. The smallest absolute Gasteiger partial charge is 0.355 e. The molecule has 2 heterocycles. The molecule has 24 heavy (non-hydrogen) atoms. The molecular formula is C14H14ClN3O4S2. The fourth-order valence-corrected chi connectivity index (χ4v) is 4.17. The Morgan fingerprint density at radius 1 is 1.42 bits per heavy atom. The minimum atomic E-state index is -1.06. The van der Waals surface area contributed by atoms with E-state index in [9.17, 15) is 14.4 Å². The number of aliphatic imine (C=N–C) groups is 1. The van der Waals surface area contributed by atoms with E-state index < -0.39 is 10.8 Å². The molecule has 1 aliphatic carbocycles. The zero-order valence-electron chi connectivity index (χ0n) is 12.5. The number of ketones is 1. The third-order valence-electron chi connectivity index (χ3n) is 3.68. The number of Topliss-reactive ketones (excluding diaryl/α,β-unsaturated/α-hetero) is 1. The van der Waals surface area contributed by atoms with Crippen molar-refractivity contribution in [1.82, 2.24) is 10.3 Å². The third-order valence-corrected chi connectivity index (χ3v) is 6.28. The molecule has 3 rings (SSSR count). The number of aromatic nitrogens is 1. The van der Waals surface area contributed by atoms with Crippen LogP contribution in [-0.2, 0) is 9.59 Å². The van der Waals surface area contributed by atoms with Gasteiger partial charge in [0.25, 0.3) is 0 Å². The van der Waals surface area contributed by atoms with Crippen molar-refractivity contribution in [3.05, 3.63) is 16.1 Å². The number of amides is 1. The van der Waals surface area contributed by atoms with Gasteiger partial charge in [-0.2, -0.15) is 0 Å². The summed E-state index contributed by atoms with van der Waals surface area (Å²) in [4.78, 5) is 42.1. The Labute approximate surface area is 150 Å². The fourth-order valence-electron chi connectivity index (χ4n) is 2.12. The van der Waals surface area contributed by atoms with E-state index in [1.54, 1.807) is 0 Å². The molecule has 1 fully saturated rings.